The summed E-state index contributed by atoms with van der Waals surface area (Å²) >= 11 is 6.00. The quantitative estimate of drug-likeness (QED) is 0.324. The molecule has 0 aliphatic rings. The lowest BCUT2D eigenvalue weighted by atomic mass is 9.88. The van der Waals surface area contributed by atoms with Crippen LogP contribution in [0.3, 0.4) is 0 Å². The van der Waals surface area contributed by atoms with Crippen LogP contribution in [0, 0.1) is 5.92 Å². The molecule has 6 heteroatoms. The molecule has 0 radical (unpaired) electrons. The minimum Gasteiger partial charge on any atom is -0.457 e. The fraction of sp³-hybridized carbons (Fsp3) is 0.240. The topological polar surface area (TPSA) is 70.8 Å². The van der Waals surface area contributed by atoms with Crippen molar-refractivity contribution in [3.8, 4) is 11.5 Å². The van der Waals surface area contributed by atoms with Crippen LogP contribution in [0.15, 0.2) is 78.9 Å². The first kappa shape index (κ1) is 22.8. The van der Waals surface area contributed by atoms with Gasteiger partial charge < -0.3 is 14.3 Å². The molecule has 3 rings (SSSR count). The number of hydrogen-bond donors (Lipinski definition) is 1. The monoisotopic (exact) mass is 439 g/mol. The van der Waals surface area contributed by atoms with Crippen LogP contribution >= 0.6 is 11.6 Å². The summed E-state index contributed by atoms with van der Waals surface area (Å²) in [4.78, 5) is 18.0. The number of carbonyl (C=O) groups is 1. The van der Waals surface area contributed by atoms with Crippen molar-refractivity contribution < 1.29 is 19.1 Å². The Morgan fingerprint density at radius 1 is 0.903 bits per heavy atom. The normalized spacial score (nSPS) is 12.9. The van der Waals surface area contributed by atoms with Crippen molar-refractivity contribution in [2.75, 3.05) is 6.61 Å². The van der Waals surface area contributed by atoms with E-state index in [9.17, 15) is 4.79 Å². The first-order valence-electron chi connectivity index (χ1n) is 10.1. The molecule has 0 spiro atoms. The van der Waals surface area contributed by atoms with Crippen LogP contribution in [0.25, 0.3) is 0 Å². The van der Waals surface area contributed by atoms with Crippen LogP contribution < -0.4 is 10.6 Å². The summed E-state index contributed by atoms with van der Waals surface area (Å²) in [6.45, 7) is 3.97. The van der Waals surface area contributed by atoms with Crippen molar-refractivity contribution in [2.24, 2.45) is 11.8 Å². The third-order valence-electron chi connectivity index (χ3n) is 4.86. The minimum atomic E-state index is -0.676. The van der Waals surface area contributed by atoms with Crippen LogP contribution in [0.2, 0.25) is 5.02 Å². The van der Waals surface area contributed by atoms with Crippen LogP contribution in [-0.4, -0.2) is 12.6 Å². The van der Waals surface area contributed by atoms with Gasteiger partial charge in [0.05, 0.1) is 5.92 Å². The summed E-state index contributed by atoms with van der Waals surface area (Å²) in [5.41, 5.74) is 1.57. The van der Waals surface area contributed by atoms with Gasteiger partial charge in [-0.25, -0.2) is 5.90 Å². The first-order chi connectivity index (χ1) is 15.0. The molecule has 0 bridgehead atoms. The van der Waals surface area contributed by atoms with E-state index in [0.717, 1.165) is 11.1 Å². The number of rotatable bonds is 9. The summed E-state index contributed by atoms with van der Waals surface area (Å²) in [5.74, 6) is 5.90. The Bertz CT molecular complexity index is 976. The molecule has 0 aliphatic carbocycles. The van der Waals surface area contributed by atoms with E-state index in [-0.39, 0.29) is 18.5 Å². The third-order valence-corrected chi connectivity index (χ3v) is 5.12. The van der Waals surface area contributed by atoms with E-state index in [1.165, 1.54) is 0 Å². The Morgan fingerprint density at radius 2 is 1.58 bits per heavy atom. The van der Waals surface area contributed by atoms with E-state index in [1.54, 1.807) is 12.1 Å². The summed E-state index contributed by atoms with van der Waals surface area (Å²) in [7, 11) is 0. The number of para-hydroxylation sites is 1. The highest BCUT2D eigenvalue weighted by Gasteiger charge is 2.29. The molecule has 0 saturated carbocycles. The molecular formula is C25H26ClNO4. The van der Waals surface area contributed by atoms with Crippen molar-refractivity contribution >= 4 is 17.6 Å². The second kappa shape index (κ2) is 11.0. The summed E-state index contributed by atoms with van der Waals surface area (Å²) in [6, 6.07) is 24.0. The third kappa shape index (κ3) is 6.31. The van der Waals surface area contributed by atoms with Crippen molar-refractivity contribution in [1.82, 2.24) is 0 Å². The lowest BCUT2D eigenvalue weighted by molar-refractivity contribution is -0.156. The van der Waals surface area contributed by atoms with E-state index in [1.807, 2.05) is 80.6 Å². The van der Waals surface area contributed by atoms with Gasteiger partial charge in [0.2, 0.25) is 0 Å². The number of halogens is 1. The second-order valence-electron chi connectivity index (χ2n) is 7.52. The Hall–Kier alpha value is -2.86. The Balaban J connectivity index is 1.80. The van der Waals surface area contributed by atoms with Gasteiger partial charge in [-0.1, -0.05) is 67.9 Å². The van der Waals surface area contributed by atoms with Gasteiger partial charge in [0.25, 0.3) is 0 Å². The molecule has 0 unspecified atom stereocenters. The minimum absolute atomic E-state index is 0.0198. The van der Waals surface area contributed by atoms with Gasteiger partial charge in [-0.05, 0) is 53.4 Å². The summed E-state index contributed by atoms with van der Waals surface area (Å²) in [5, 5.41) is 0.615. The van der Waals surface area contributed by atoms with Crippen molar-refractivity contribution in [3.63, 3.8) is 0 Å². The van der Waals surface area contributed by atoms with Gasteiger partial charge >= 0.3 is 5.97 Å². The highest BCUT2D eigenvalue weighted by molar-refractivity contribution is 6.30. The summed E-state index contributed by atoms with van der Waals surface area (Å²) < 4.78 is 11.8. The molecule has 5 nitrogen and oxygen atoms in total. The smallest absolute Gasteiger partial charge is 0.314 e. The molecule has 2 N–H and O–H groups in total. The molecular weight excluding hydrogens is 414 g/mol. The molecule has 0 aliphatic heterocycles. The highest BCUT2D eigenvalue weighted by Crippen LogP contribution is 2.31. The Kier molecular flexibility index (Phi) is 8.06. The summed E-state index contributed by atoms with van der Waals surface area (Å²) in [6.07, 6.45) is -0.676. The number of esters is 1. The molecule has 3 aromatic rings. The maximum atomic E-state index is 13.1. The van der Waals surface area contributed by atoms with Crippen LogP contribution in [0.4, 0.5) is 0 Å². The molecule has 162 valence electrons. The number of ether oxygens (including phenoxy) is 2. The number of nitrogens with two attached hydrogens (primary N) is 1. The van der Waals surface area contributed by atoms with Crippen LogP contribution in [0.5, 0.6) is 11.5 Å². The molecule has 31 heavy (non-hydrogen) atoms. The highest BCUT2D eigenvalue weighted by atomic mass is 35.5. The maximum Gasteiger partial charge on any atom is 0.314 e. The van der Waals surface area contributed by atoms with E-state index in [2.05, 4.69) is 0 Å². The predicted octanol–water partition coefficient (Wildman–Crippen LogP) is 6.05. The average Bonchev–Trinajstić information content (AvgIpc) is 2.76. The average molecular weight is 440 g/mol. The molecule has 0 fully saturated rings. The van der Waals surface area contributed by atoms with Gasteiger partial charge in [0, 0.05) is 5.02 Å². The maximum absolute atomic E-state index is 13.1. The van der Waals surface area contributed by atoms with Crippen LogP contribution in [0.1, 0.15) is 37.0 Å². The molecule has 2 atom stereocenters. The molecule has 0 heterocycles. The van der Waals surface area contributed by atoms with E-state index < -0.39 is 12.0 Å². The predicted molar refractivity (Wildman–Crippen MR) is 121 cm³/mol. The molecule has 0 amide bonds. The fourth-order valence-corrected chi connectivity index (χ4v) is 3.49. The molecule has 0 saturated heterocycles. The van der Waals surface area contributed by atoms with E-state index in [0.29, 0.717) is 16.5 Å². The zero-order valence-corrected chi connectivity index (χ0v) is 18.3. The Labute approximate surface area is 187 Å². The Morgan fingerprint density at radius 3 is 2.23 bits per heavy atom. The first-order valence-corrected chi connectivity index (χ1v) is 10.5. The SMILES string of the molecule is CC(C)[C@H](C(=O)O[C@H](CON)c1cccc(Oc2ccccc2)c1)c1ccc(Cl)cc1. The van der Waals surface area contributed by atoms with Gasteiger partial charge in [-0.3, -0.25) is 4.79 Å². The lowest BCUT2D eigenvalue weighted by Gasteiger charge is -2.24. The van der Waals surface area contributed by atoms with Gasteiger partial charge in [-0.2, -0.15) is 0 Å². The number of carbonyl (C=O) groups excluding carboxylic acids is 1. The molecule has 0 aromatic heterocycles. The van der Waals surface area contributed by atoms with Crippen LogP contribution in [-0.2, 0) is 14.4 Å². The second-order valence-corrected chi connectivity index (χ2v) is 7.96. The fourth-order valence-electron chi connectivity index (χ4n) is 3.37. The zero-order chi connectivity index (χ0) is 22.2. The zero-order valence-electron chi connectivity index (χ0n) is 17.5. The standard InChI is InChI=1S/C25H26ClNO4/c1-17(2)24(18-11-13-20(26)14-12-18)25(28)31-23(16-29-27)19-7-6-10-22(15-19)30-21-8-4-3-5-9-21/h3-15,17,23-24H,16,27H2,1-2H3/t23-,24+/m1/s1. The lowest BCUT2D eigenvalue weighted by Crippen LogP contribution is -2.25. The van der Waals surface area contributed by atoms with E-state index >= 15 is 0 Å². The number of benzene rings is 3. The van der Waals surface area contributed by atoms with Gasteiger partial charge in [0.15, 0.2) is 6.10 Å². The number of hydrogen-bond acceptors (Lipinski definition) is 5. The van der Waals surface area contributed by atoms with Crippen molar-refractivity contribution in [3.05, 3.63) is 95.0 Å². The van der Waals surface area contributed by atoms with Crippen molar-refractivity contribution in [2.45, 2.75) is 25.9 Å². The molecule has 3 aromatic carbocycles. The largest absolute Gasteiger partial charge is 0.457 e. The van der Waals surface area contributed by atoms with E-state index in [4.69, 9.17) is 31.8 Å². The van der Waals surface area contributed by atoms with Gasteiger partial charge in [-0.15, -0.1) is 0 Å². The van der Waals surface area contributed by atoms with Crippen molar-refractivity contribution in [1.29, 1.82) is 0 Å². The van der Waals surface area contributed by atoms with Gasteiger partial charge in [0.1, 0.15) is 18.1 Å².